The highest BCUT2D eigenvalue weighted by Gasteiger charge is 2.24. The van der Waals surface area contributed by atoms with Crippen molar-refractivity contribution in [3.8, 4) is 11.5 Å². The third-order valence-corrected chi connectivity index (χ3v) is 3.72. The maximum Gasteiger partial charge on any atom is 0.161 e. The molecule has 2 rings (SSSR count). The number of phenolic OH excluding ortho intramolecular Hbond substituents is 2. The SMILES string of the molecule is CC(C)(C)c1cc(O)c(O)c(C2CCCNC2)c1. The third kappa shape index (κ3) is 2.61. The van der Waals surface area contributed by atoms with Crippen LogP contribution in [0.4, 0.5) is 0 Å². The van der Waals surface area contributed by atoms with E-state index in [-0.39, 0.29) is 16.9 Å². The van der Waals surface area contributed by atoms with Crippen molar-refractivity contribution in [2.24, 2.45) is 0 Å². The van der Waals surface area contributed by atoms with Gasteiger partial charge in [0.15, 0.2) is 11.5 Å². The Labute approximate surface area is 109 Å². The van der Waals surface area contributed by atoms with Crippen LogP contribution >= 0.6 is 0 Å². The van der Waals surface area contributed by atoms with Crippen LogP contribution in [-0.4, -0.2) is 23.3 Å². The quantitative estimate of drug-likeness (QED) is 0.671. The molecule has 1 saturated heterocycles. The van der Waals surface area contributed by atoms with Gasteiger partial charge < -0.3 is 15.5 Å². The van der Waals surface area contributed by atoms with Crippen molar-refractivity contribution < 1.29 is 10.2 Å². The molecular weight excluding hydrogens is 226 g/mol. The zero-order chi connectivity index (χ0) is 13.3. The maximum absolute atomic E-state index is 10.1. The molecule has 18 heavy (non-hydrogen) atoms. The number of hydrogen-bond acceptors (Lipinski definition) is 3. The summed E-state index contributed by atoms with van der Waals surface area (Å²) in [5, 5.41) is 23.3. The van der Waals surface area contributed by atoms with E-state index < -0.39 is 0 Å². The van der Waals surface area contributed by atoms with Gasteiger partial charge in [0.05, 0.1) is 0 Å². The Kier molecular flexibility index (Phi) is 3.53. The van der Waals surface area contributed by atoms with Crippen LogP contribution in [-0.2, 0) is 5.41 Å². The summed E-state index contributed by atoms with van der Waals surface area (Å²) in [5.41, 5.74) is 1.92. The highest BCUT2D eigenvalue weighted by Crippen LogP contribution is 2.40. The molecule has 1 atom stereocenters. The molecule has 0 saturated carbocycles. The van der Waals surface area contributed by atoms with Crippen molar-refractivity contribution in [2.45, 2.75) is 44.9 Å². The van der Waals surface area contributed by atoms with E-state index in [1.165, 1.54) is 0 Å². The van der Waals surface area contributed by atoms with E-state index in [0.717, 1.165) is 37.1 Å². The molecule has 100 valence electrons. The lowest BCUT2D eigenvalue weighted by Crippen LogP contribution is -2.28. The topological polar surface area (TPSA) is 52.5 Å². The minimum absolute atomic E-state index is 0.00278. The molecule has 1 unspecified atom stereocenters. The van der Waals surface area contributed by atoms with Crippen molar-refractivity contribution in [3.05, 3.63) is 23.3 Å². The van der Waals surface area contributed by atoms with Crippen LogP contribution in [0.25, 0.3) is 0 Å². The first kappa shape index (κ1) is 13.2. The second kappa shape index (κ2) is 4.81. The van der Waals surface area contributed by atoms with Gasteiger partial charge in [-0.25, -0.2) is 0 Å². The smallest absolute Gasteiger partial charge is 0.161 e. The standard InChI is InChI=1S/C15H23NO2/c1-15(2,3)11-7-12(14(18)13(17)8-11)10-5-4-6-16-9-10/h7-8,10,16-18H,4-6,9H2,1-3H3. The van der Waals surface area contributed by atoms with Gasteiger partial charge in [-0.05, 0) is 36.4 Å². The monoisotopic (exact) mass is 249 g/mol. The van der Waals surface area contributed by atoms with Crippen molar-refractivity contribution in [2.75, 3.05) is 13.1 Å². The van der Waals surface area contributed by atoms with Gasteiger partial charge >= 0.3 is 0 Å². The zero-order valence-corrected chi connectivity index (χ0v) is 11.5. The molecule has 0 amide bonds. The van der Waals surface area contributed by atoms with Gasteiger partial charge in [0.25, 0.3) is 0 Å². The molecule has 0 bridgehead atoms. The van der Waals surface area contributed by atoms with Gasteiger partial charge in [0, 0.05) is 18.0 Å². The fourth-order valence-corrected chi connectivity index (χ4v) is 2.50. The zero-order valence-electron chi connectivity index (χ0n) is 11.5. The number of aromatic hydroxyl groups is 2. The molecule has 0 aliphatic carbocycles. The Morgan fingerprint density at radius 3 is 2.50 bits per heavy atom. The van der Waals surface area contributed by atoms with Crippen molar-refractivity contribution in [3.63, 3.8) is 0 Å². The number of hydrogen-bond donors (Lipinski definition) is 3. The van der Waals surface area contributed by atoms with Gasteiger partial charge in [-0.2, -0.15) is 0 Å². The highest BCUT2D eigenvalue weighted by molar-refractivity contribution is 5.50. The predicted molar refractivity (Wildman–Crippen MR) is 73.3 cm³/mol. The molecule has 1 aromatic carbocycles. The van der Waals surface area contributed by atoms with E-state index in [0.29, 0.717) is 5.92 Å². The van der Waals surface area contributed by atoms with Crippen LogP contribution in [0.1, 0.15) is 50.7 Å². The summed E-state index contributed by atoms with van der Waals surface area (Å²) in [6.07, 6.45) is 2.18. The first-order chi connectivity index (χ1) is 8.39. The normalized spacial score (nSPS) is 20.9. The van der Waals surface area contributed by atoms with Crippen LogP contribution in [0.3, 0.4) is 0 Å². The van der Waals surface area contributed by atoms with Crippen LogP contribution in [0.15, 0.2) is 12.1 Å². The summed E-state index contributed by atoms with van der Waals surface area (Å²) in [6, 6.07) is 3.72. The number of benzene rings is 1. The van der Waals surface area contributed by atoms with Crippen LogP contribution in [0.5, 0.6) is 11.5 Å². The number of piperidine rings is 1. The lowest BCUT2D eigenvalue weighted by molar-refractivity contribution is 0.383. The molecule has 0 spiro atoms. The van der Waals surface area contributed by atoms with E-state index in [4.69, 9.17) is 0 Å². The molecule has 1 aliphatic rings. The second-order valence-corrected chi connectivity index (χ2v) is 6.23. The molecular formula is C15H23NO2. The largest absolute Gasteiger partial charge is 0.504 e. The second-order valence-electron chi connectivity index (χ2n) is 6.23. The lowest BCUT2D eigenvalue weighted by atomic mass is 9.82. The molecule has 1 aromatic rings. The highest BCUT2D eigenvalue weighted by atomic mass is 16.3. The minimum atomic E-state index is -0.0258. The molecule has 3 N–H and O–H groups in total. The number of nitrogens with one attached hydrogen (secondary N) is 1. The summed E-state index contributed by atoms with van der Waals surface area (Å²) >= 11 is 0. The molecule has 1 heterocycles. The average Bonchev–Trinajstić information content (AvgIpc) is 2.32. The van der Waals surface area contributed by atoms with Crippen molar-refractivity contribution >= 4 is 0 Å². The van der Waals surface area contributed by atoms with E-state index in [1.807, 2.05) is 6.07 Å². The van der Waals surface area contributed by atoms with Gasteiger partial charge in [-0.3, -0.25) is 0 Å². The fourth-order valence-electron chi connectivity index (χ4n) is 2.50. The molecule has 3 nitrogen and oxygen atoms in total. The van der Waals surface area contributed by atoms with E-state index in [1.54, 1.807) is 6.07 Å². The van der Waals surface area contributed by atoms with E-state index in [9.17, 15) is 10.2 Å². The van der Waals surface area contributed by atoms with Crippen LogP contribution < -0.4 is 5.32 Å². The average molecular weight is 249 g/mol. The summed E-state index contributed by atoms with van der Waals surface area (Å²) in [6.45, 7) is 8.26. The summed E-state index contributed by atoms with van der Waals surface area (Å²) in [4.78, 5) is 0. The first-order valence-electron chi connectivity index (χ1n) is 6.66. The Balaban J connectivity index is 2.42. The van der Waals surface area contributed by atoms with E-state index in [2.05, 4.69) is 26.1 Å². The van der Waals surface area contributed by atoms with Crippen molar-refractivity contribution in [1.29, 1.82) is 0 Å². The van der Waals surface area contributed by atoms with Gasteiger partial charge in [0.1, 0.15) is 0 Å². The van der Waals surface area contributed by atoms with Gasteiger partial charge in [-0.1, -0.05) is 26.8 Å². The van der Waals surface area contributed by atoms with Crippen LogP contribution in [0, 0.1) is 0 Å². The molecule has 0 aromatic heterocycles. The first-order valence-corrected chi connectivity index (χ1v) is 6.66. The maximum atomic E-state index is 10.1. The van der Waals surface area contributed by atoms with Crippen molar-refractivity contribution in [1.82, 2.24) is 5.32 Å². The third-order valence-electron chi connectivity index (χ3n) is 3.72. The summed E-state index contributed by atoms with van der Waals surface area (Å²) < 4.78 is 0. The predicted octanol–water partition coefficient (Wildman–Crippen LogP) is 2.86. The summed E-state index contributed by atoms with van der Waals surface area (Å²) in [5.74, 6) is 0.353. The Morgan fingerprint density at radius 1 is 1.22 bits per heavy atom. The van der Waals surface area contributed by atoms with Gasteiger partial charge in [-0.15, -0.1) is 0 Å². The molecule has 1 fully saturated rings. The van der Waals surface area contributed by atoms with E-state index >= 15 is 0 Å². The Morgan fingerprint density at radius 2 is 1.94 bits per heavy atom. The number of phenols is 2. The van der Waals surface area contributed by atoms with Gasteiger partial charge in [0.2, 0.25) is 0 Å². The minimum Gasteiger partial charge on any atom is -0.504 e. The number of rotatable bonds is 1. The Bertz CT molecular complexity index is 429. The lowest BCUT2D eigenvalue weighted by Gasteiger charge is -2.27. The molecule has 1 aliphatic heterocycles. The van der Waals surface area contributed by atoms with Crippen LogP contribution in [0.2, 0.25) is 0 Å². The Hall–Kier alpha value is -1.22. The fraction of sp³-hybridized carbons (Fsp3) is 0.600. The molecule has 0 radical (unpaired) electrons. The molecule has 3 heteroatoms. The summed E-state index contributed by atoms with van der Waals surface area (Å²) in [7, 11) is 0.